The molecule has 3 heteroatoms. The molecule has 0 aliphatic rings. The number of benzene rings is 2. The van der Waals surface area contributed by atoms with Gasteiger partial charge in [-0.3, -0.25) is 0 Å². The molecule has 82 valence electrons. The average molecular weight is 215 g/mol. The molecule has 3 N–H and O–H groups in total. The molecule has 0 fully saturated rings. The number of nitrogen functional groups attached to an aromatic ring is 1. The summed E-state index contributed by atoms with van der Waals surface area (Å²) in [4.78, 5) is 0. The van der Waals surface area contributed by atoms with Crippen molar-refractivity contribution in [3.8, 4) is 22.6 Å². The minimum absolute atomic E-state index is 0.0931. The van der Waals surface area contributed by atoms with Gasteiger partial charge in [-0.25, -0.2) is 0 Å². The van der Waals surface area contributed by atoms with E-state index in [1.165, 1.54) is 13.2 Å². The quantitative estimate of drug-likeness (QED) is 0.598. The third-order valence-corrected chi connectivity index (χ3v) is 2.44. The Labute approximate surface area is 94.1 Å². The first kappa shape index (κ1) is 10.4. The molecule has 2 aromatic rings. The minimum atomic E-state index is 0.0931. The van der Waals surface area contributed by atoms with Gasteiger partial charge in [0.15, 0.2) is 11.5 Å². The summed E-state index contributed by atoms with van der Waals surface area (Å²) < 4.78 is 5.18. The molecule has 0 aliphatic heterocycles. The predicted octanol–water partition coefficient (Wildman–Crippen LogP) is 2.65. The van der Waals surface area contributed by atoms with Gasteiger partial charge >= 0.3 is 0 Å². The number of aromatic hydroxyl groups is 1. The maximum atomic E-state index is 9.70. The van der Waals surface area contributed by atoms with Gasteiger partial charge in [0.2, 0.25) is 0 Å². The Bertz CT molecular complexity index is 495. The van der Waals surface area contributed by atoms with Crippen LogP contribution in [0.25, 0.3) is 11.1 Å². The fourth-order valence-electron chi connectivity index (χ4n) is 1.70. The van der Waals surface area contributed by atoms with Crippen LogP contribution in [0.15, 0.2) is 42.5 Å². The van der Waals surface area contributed by atoms with Crippen molar-refractivity contribution in [3.05, 3.63) is 42.5 Å². The Morgan fingerprint density at radius 2 is 1.75 bits per heavy atom. The van der Waals surface area contributed by atoms with E-state index in [9.17, 15) is 5.11 Å². The fourth-order valence-corrected chi connectivity index (χ4v) is 1.70. The second-order valence-electron chi connectivity index (χ2n) is 3.45. The molecule has 0 aliphatic carbocycles. The second kappa shape index (κ2) is 4.14. The van der Waals surface area contributed by atoms with Crippen molar-refractivity contribution in [2.24, 2.45) is 0 Å². The highest BCUT2D eigenvalue weighted by molar-refractivity contribution is 5.84. The summed E-state index contributed by atoms with van der Waals surface area (Å²) in [5.41, 5.74) is 8.14. The first-order valence-electron chi connectivity index (χ1n) is 4.95. The molecule has 0 unspecified atom stereocenters. The van der Waals surface area contributed by atoms with Gasteiger partial charge in [-0.2, -0.15) is 0 Å². The van der Waals surface area contributed by atoms with Gasteiger partial charge < -0.3 is 15.6 Å². The molecule has 0 saturated heterocycles. The number of nitrogens with two attached hydrogens (primary N) is 1. The number of rotatable bonds is 2. The molecule has 0 amide bonds. The lowest BCUT2D eigenvalue weighted by Crippen LogP contribution is -1.94. The van der Waals surface area contributed by atoms with Gasteiger partial charge in [-0.1, -0.05) is 30.3 Å². The molecule has 0 atom stereocenters. The SMILES string of the molecule is COc1c(O)ccc(N)c1-c1ccccc1. The lowest BCUT2D eigenvalue weighted by molar-refractivity contribution is 0.375. The van der Waals surface area contributed by atoms with Crippen molar-refractivity contribution in [1.29, 1.82) is 0 Å². The number of hydrogen-bond donors (Lipinski definition) is 2. The third kappa shape index (κ3) is 1.67. The minimum Gasteiger partial charge on any atom is -0.504 e. The molecule has 0 spiro atoms. The van der Waals surface area contributed by atoms with E-state index in [0.29, 0.717) is 11.4 Å². The molecule has 3 nitrogen and oxygen atoms in total. The Balaban J connectivity index is 2.68. The summed E-state index contributed by atoms with van der Waals surface area (Å²) in [5.74, 6) is 0.502. The number of hydrogen-bond acceptors (Lipinski definition) is 3. The molecule has 0 aromatic heterocycles. The summed E-state index contributed by atoms with van der Waals surface area (Å²) in [5, 5.41) is 9.70. The number of methoxy groups -OCH3 is 1. The van der Waals surface area contributed by atoms with Gasteiger partial charge in [0.1, 0.15) is 0 Å². The number of phenols is 1. The largest absolute Gasteiger partial charge is 0.504 e. The summed E-state index contributed by atoms with van der Waals surface area (Å²) in [7, 11) is 1.51. The van der Waals surface area contributed by atoms with E-state index >= 15 is 0 Å². The zero-order chi connectivity index (χ0) is 11.5. The first-order valence-corrected chi connectivity index (χ1v) is 4.95. The van der Waals surface area contributed by atoms with Crippen LogP contribution in [0.4, 0.5) is 5.69 Å². The van der Waals surface area contributed by atoms with Crippen molar-refractivity contribution < 1.29 is 9.84 Å². The Morgan fingerprint density at radius 1 is 1.06 bits per heavy atom. The van der Waals surface area contributed by atoms with Crippen LogP contribution in [0, 0.1) is 0 Å². The van der Waals surface area contributed by atoms with Gasteiger partial charge in [-0.15, -0.1) is 0 Å². The van der Waals surface area contributed by atoms with Gasteiger partial charge in [0, 0.05) is 5.69 Å². The predicted molar refractivity (Wildman–Crippen MR) is 64.5 cm³/mol. The normalized spacial score (nSPS) is 10.1. The highest BCUT2D eigenvalue weighted by Gasteiger charge is 2.13. The standard InChI is InChI=1S/C13H13NO2/c1-16-13-11(15)8-7-10(14)12(13)9-5-3-2-4-6-9/h2-8,15H,14H2,1H3. The van der Waals surface area contributed by atoms with E-state index in [1.54, 1.807) is 6.07 Å². The summed E-state index contributed by atoms with van der Waals surface area (Å²) >= 11 is 0. The Hall–Kier alpha value is -2.16. The van der Waals surface area contributed by atoms with Crippen LogP contribution in [0.3, 0.4) is 0 Å². The highest BCUT2D eigenvalue weighted by atomic mass is 16.5. The van der Waals surface area contributed by atoms with Crippen LogP contribution in [-0.4, -0.2) is 12.2 Å². The monoisotopic (exact) mass is 215 g/mol. The van der Waals surface area contributed by atoms with E-state index in [2.05, 4.69) is 0 Å². The van der Waals surface area contributed by atoms with Crippen LogP contribution in [-0.2, 0) is 0 Å². The molecule has 16 heavy (non-hydrogen) atoms. The summed E-state index contributed by atoms with van der Waals surface area (Å²) in [6, 6.07) is 12.8. The Morgan fingerprint density at radius 3 is 2.38 bits per heavy atom. The first-order chi connectivity index (χ1) is 7.74. The van der Waals surface area contributed by atoms with Crippen molar-refractivity contribution in [1.82, 2.24) is 0 Å². The van der Waals surface area contributed by atoms with E-state index in [4.69, 9.17) is 10.5 Å². The topological polar surface area (TPSA) is 55.5 Å². The van der Waals surface area contributed by atoms with Crippen molar-refractivity contribution in [2.45, 2.75) is 0 Å². The maximum Gasteiger partial charge on any atom is 0.170 e. The van der Waals surface area contributed by atoms with Crippen LogP contribution < -0.4 is 10.5 Å². The van der Waals surface area contributed by atoms with Gasteiger partial charge in [-0.05, 0) is 17.7 Å². The van der Waals surface area contributed by atoms with Crippen LogP contribution in [0.2, 0.25) is 0 Å². The fraction of sp³-hybridized carbons (Fsp3) is 0.0769. The van der Waals surface area contributed by atoms with Crippen molar-refractivity contribution in [3.63, 3.8) is 0 Å². The van der Waals surface area contributed by atoms with E-state index < -0.39 is 0 Å². The highest BCUT2D eigenvalue weighted by Crippen LogP contribution is 2.41. The molecule has 0 bridgehead atoms. The number of ether oxygens (including phenoxy) is 1. The van der Waals surface area contributed by atoms with Gasteiger partial charge in [0.05, 0.1) is 12.7 Å². The van der Waals surface area contributed by atoms with Crippen LogP contribution >= 0.6 is 0 Å². The Kier molecular flexibility index (Phi) is 2.68. The van der Waals surface area contributed by atoms with E-state index in [1.807, 2.05) is 30.3 Å². The zero-order valence-electron chi connectivity index (χ0n) is 8.97. The lowest BCUT2D eigenvalue weighted by Gasteiger charge is -2.12. The molecular weight excluding hydrogens is 202 g/mol. The van der Waals surface area contributed by atoms with Crippen LogP contribution in [0.1, 0.15) is 0 Å². The third-order valence-electron chi connectivity index (χ3n) is 2.44. The van der Waals surface area contributed by atoms with Crippen LogP contribution in [0.5, 0.6) is 11.5 Å². The summed E-state index contributed by atoms with van der Waals surface area (Å²) in [6.45, 7) is 0. The molecular formula is C13H13NO2. The van der Waals surface area contributed by atoms with E-state index in [0.717, 1.165) is 11.1 Å². The molecule has 0 radical (unpaired) electrons. The molecule has 0 heterocycles. The van der Waals surface area contributed by atoms with E-state index in [-0.39, 0.29) is 5.75 Å². The maximum absolute atomic E-state index is 9.70. The van der Waals surface area contributed by atoms with Crippen molar-refractivity contribution >= 4 is 5.69 Å². The molecule has 2 aromatic carbocycles. The average Bonchev–Trinajstić information content (AvgIpc) is 2.33. The van der Waals surface area contributed by atoms with Gasteiger partial charge in [0.25, 0.3) is 0 Å². The number of phenolic OH excluding ortho intramolecular Hbond substituents is 1. The smallest absolute Gasteiger partial charge is 0.170 e. The van der Waals surface area contributed by atoms with Crippen molar-refractivity contribution in [2.75, 3.05) is 12.8 Å². The number of anilines is 1. The summed E-state index contributed by atoms with van der Waals surface area (Å²) in [6.07, 6.45) is 0. The lowest BCUT2D eigenvalue weighted by atomic mass is 10.0. The second-order valence-corrected chi connectivity index (χ2v) is 3.45. The molecule has 0 saturated carbocycles. The molecule has 2 rings (SSSR count). The zero-order valence-corrected chi connectivity index (χ0v) is 8.97.